The average Bonchev–Trinajstić information content (AvgIpc) is 2.73. The van der Waals surface area contributed by atoms with Gasteiger partial charge in [-0.3, -0.25) is 4.68 Å². The van der Waals surface area contributed by atoms with Crippen molar-refractivity contribution in [3.8, 4) is 11.3 Å². The average molecular weight is 294 g/mol. The number of benzene rings is 1. The summed E-state index contributed by atoms with van der Waals surface area (Å²) in [5.74, 6) is 0. The van der Waals surface area contributed by atoms with Crippen molar-refractivity contribution in [1.29, 1.82) is 0 Å². The highest BCUT2D eigenvalue weighted by Gasteiger charge is 2.11. The van der Waals surface area contributed by atoms with Gasteiger partial charge >= 0.3 is 0 Å². The Kier molecular flexibility index (Phi) is 3.64. The van der Waals surface area contributed by atoms with E-state index in [1.54, 1.807) is 0 Å². The largest absolute Gasteiger partial charge is 0.323 e. The molecule has 2 N–H and O–H groups in total. The molecule has 0 fully saturated rings. The molecule has 0 saturated heterocycles. The van der Waals surface area contributed by atoms with Crippen LogP contribution in [0.25, 0.3) is 11.3 Å². The van der Waals surface area contributed by atoms with E-state index in [4.69, 9.17) is 5.73 Å². The van der Waals surface area contributed by atoms with E-state index in [0.717, 1.165) is 28.0 Å². The smallest absolute Gasteiger partial charge is 0.0795 e. The van der Waals surface area contributed by atoms with Gasteiger partial charge in [0.05, 0.1) is 11.4 Å². The highest BCUT2D eigenvalue weighted by atomic mass is 79.9. The van der Waals surface area contributed by atoms with E-state index in [1.807, 2.05) is 23.7 Å². The number of halogens is 1. The van der Waals surface area contributed by atoms with E-state index < -0.39 is 0 Å². The molecule has 1 heterocycles. The van der Waals surface area contributed by atoms with Crippen LogP contribution < -0.4 is 5.73 Å². The van der Waals surface area contributed by atoms with Gasteiger partial charge in [-0.2, -0.15) is 5.10 Å². The summed E-state index contributed by atoms with van der Waals surface area (Å²) in [7, 11) is 0. The molecule has 0 aliphatic heterocycles. The summed E-state index contributed by atoms with van der Waals surface area (Å²) in [5.41, 5.74) is 9.07. The second kappa shape index (κ2) is 5.02. The van der Waals surface area contributed by atoms with Crippen LogP contribution in [-0.4, -0.2) is 9.78 Å². The number of nitrogens with zero attached hydrogens (tertiary/aromatic N) is 2. The summed E-state index contributed by atoms with van der Waals surface area (Å²) in [6.45, 7) is 4.88. The molecule has 0 spiro atoms. The maximum Gasteiger partial charge on any atom is 0.0795 e. The number of hydrogen-bond acceptors (Lipinski definition) is 2. The molecule has 0 radical (unpaired) electrons. The Morgan fingerprint density at radius 1 is 1.41 bits per heavy atom. The van der Waals surface area contributed by atoms with Gasteiger partial charge in [0.2, 0.25) is 0 Å². The third-order valence-electron chi connectivity index (χ3n) is 2.69. The highest BCUT2D eigenvalue weighted by molar-refractivity contribution is 9.10. The van der Waals surface area contributed by atoms with Crippen LogP contribution in [0.5, 0.6) is 0 Å². The van der Waals surface area contributed by atoms with Gasteiger partial charge in [0.1, 0.15) is 0 Å². The Bertz CT molecular complexity index is 517. The predicted octanol–water partition coefficient (Wildman–Crippen LogP) is 3.35. The molecule has 1 unspecified atom stereocenters. The lowest BCUT2D eigenvalue weighted by molar-refractivity contribution is 0.636. The second-order valence-electron chi connectivity index (χ2n) is 4.07. The first-order valence-electron chi connectivity index (χ1n) is 5.71. The van der Waals surface area contributed by atoms with E-state index in [-0.39, 0.29) is 6.04 Å². The van der Waals surface area contributed by atoms with Crippen molar-refractivity contribution in [3.63, 3.8) is 0 Å². The molecule has 0 aliphatic rings. The van der Waals surface area contributed by atoms with Crippen molar-refractivity contribution in [2.75, 3.05) is 0 Å². The van der Waals surface area contributed by atoms with Gasteiger partial charge in [0.15, 0.2) is 0 Å². The Morgan fingerprint density at radius 2 is 2.18 bits per heavy atom. The Hall–Kier alpha value is -1.13. The standard InChI is InChI=1S/C13H16BrN3/c1-3-17-13(8-12(16-17)9(2)15)10-5-4-6-11(14)7-10/h4-9H,3,15H2,1-2H3. The molecule has 1 atom stereocenters. The van der Waals surface area contributed by atoms with E-state index in [2.05, 4.69) is 46.2 Å². The first kappa shape index (κ1) is 12.3. The van der Waals surface area contributed by atoms with Crippen LogP contribution >= 0.6 is 15.9 Å². The lowest BCUT2D eigenvalue weighted by atomic mass is 10.1. The highest BCUT2D eigenvalue weighted by Crippen LogP contribution is 2.25. The fourth-order valence-corrected chi connectivity index (χ4v) is 2.18. The Labute approximate surface area is 110 Å². The molecule has 0 saturated carbocycles. The van der Waals surface area contributed by atoms with Crippen LogP contribution in [0, 0.1) is 0 Å². The summed E-state index contributed by atoms with van der Waals surface area (Å²) in [6, 6.07) is 10.2. The normalized spacial score (nSPS) is 12.7. The molecule has 3 nitrogen and oxygen atoms in total. The maximum absolute atomic E-state index is 5.87. The molecule has 0 aliphatic carbocycles. The zero-order valence-corrected chi connectivity index (χ0v) is 11.6. The monoisotopic (exact) mass is 293 g/mol. The number of rotatable bonds is 3. The third-order valence-corrected chi connectivity index (χ3v) is 3.18. The minimum absolute atomic E-state index is 0.0336. The molecule has 1 aromatic carbocycles. The van der Waals surface area contributed by atoms with Gasteiger partial charge in [0, 0.05) is 22.6 Å². The molecule has 17 heavy (non-hydrogen) atoms. The summed E-state index contributed by atoms with van der Waals surface area (Å²) in [5, 5.41) is 4.51. The molecule has 90 valence electrons. The van der Waals surface area contributed by atoms with Crippen molar-refractivity contribution in [1.82, 2.24) is 9.78 Å². The van der Waals surface area contributed by atoms with Crippen molar-refractivity contribution in [2.24, 2.45) is 5.73 Å². The molecule has 2 rings (SSSR count). The van der Waals surface area contributed by atoms with Crippen molar-refractivity contribution in [3.05, 3.63) is 40.5 Å². The summed E-state index contributed by atoms with van der Waals surface area (Å²) in [4.78, 5) is 0. The quantitative estimate of drug-likeness (QED) is 0.943. The van der Waals surface area contributed by atoms with Crippen LogP contribution in [0.4, 0.5) is 0 Å². The van der Waals surface area contributed by atoms with Crippen molar-refractivity contribution in [2.45, 2.75) is 26.4 Å². The van der Waals surface area contributed by atoms with Gasteiger partial charge in [-0.05, 0) is 32.0 Å². The maximum atomic E-state index is 5.87. The number of aryl methyl sites for hydroxylation is 1. The minimum Gasteiger partial charge on any atom is -0.323 e. The predicted molar refractivity (Wildman–Crippen MR) is 73.6 cm³/mol. The molecule has 4 heteroatoms. The minimum atomic E-state index is -0.0336. The van der Waals surface area contributed by atoms with Gasteiger partial charge < -0.3 is 5.73 Å². The molecule has 1 aromatic heterocycles. The lowest BCUT2D eigenvalue weighted by Gasteiger charge is -2.04. The summed E-state index contributed by atoms with van der Waals surface area (Å²) < 4.78 is 3.06. The number of nitrogens with two attached hydrogens (primary N) is 1. The third kappa shape index (κ3) is 2.58. The van der Waals surface area contributed by atoms with Crippen molar-refractivity contribution < 1.29 is 0 Å². The van der Waals surface area contributed by atoms with E-state index in [0.29, 0.717) is 0 Å². The van der Waals surface area contributed by atoms with E-state index in [1.165, 1.54) is 0 Å². The van der Waals surface area contributed by atoms with Gasteiger partial charge in [-0.1, -0.05) is 28.1 Å². The summed E-state index contributed by atoms with van der Waals surface area (Å²) in [6.07, 6.45) is 0. The van der Waals surface area contributed by atoms with Crippen LogP contribution in [0.15, 0.2) is 34.8 Å². The van der Waals surface area contributed by atoms with Crippen LogP contribution in [-0.2, 0) is 6.54 Å². The summed E-state index contributed by atoms with van der Waals surface area (Å²) >= 11 is 3.49. The topological polar surface area (TPSA) is 43.8 Å². The zero-order chi connectivity index (χ0) is 12.4. The molecule has 2 aromatic rings. The van der Waals surface area contributed by atoms with Crippen molar-refractivity contribution >= 4 is 15.9 Å². The van der Waals surface area contributed by atoms with Crippen LogP contribution in [0.1, 0.15) is 25.6 Å². The first-order valence-corrected chi connectivity index (χ1v) is 6.50. The second-order valence-corrected chi connectivity index (χ2v) is 4.98. The van der Waals surface area contributed by atoms with Crippen LogP contribution in [0.3, 0.4) is 0 Å². The SMILES string of the molecule is CCn1nc(C(C)N)cc1-c1cccc(Br)c1. The number of aromatic nitrogens is 2. The molecular weight excluding hydrogens is 278 g/mol. The molecule has 0 amide bonds. The number of hydrogen-bond donors (Lipinski definition) is 1. The van der Waals surface area contributed by atoms with Crippen LogP contribution in [0.2, 0.25) is 0 Å². The van der Waals surface area contributed by atoms with E-state index >= 15 is 0 Å². The molecule has 0 bridgehead atoms. The van der Waals surface area contributed by atoms with Gasteiger partial charge in [-0.25, -0.2) is 0 Å². The Balaban J connectivity index is 2.50. The Morgan fingerprint density at radius 3 is 2.76 bits per heavy atom. The fourth-order valence-electron chi connectivity index (χ4n) is 1.78. The van der Waals surface area contributed by atoms with E-state index in [9.17, 15) is 0 Å². The van der Waals surface area contributed by atoms with Gasteiger partial charge in [-0.15, -0.1) is 0 Å². The molecular formula is C13H16BrN3. The zero-order valence-electron chi connectivity index (χ0n) is 10.0. The lowest BCUT2D eigenvalue weighted by Crippen LogP contribution is -2.07. The fraction of sp³-hybridized carbons (Fsp3) is 0.308. The first-order chi connectivity index (χ1) is 8.11. The van der Waals surface area contributed by atoms with Gasteiger partial charge in [0.25, 0.3) is 0 Å².